The number of nitrogens with zero attached hydrogens (tertiary/aromatic N) is 3. The lowest BCUT2D eigenvalue weighted by atomic mass is 10.1. The zero-order valence-electron chi connectivity index (χ0n) is 17.9. The lowest BCUT2D eigenvalue weighted by Crippen LogP contribution is -2.36. The SMILES string of the molecule is CN=C(NCc1ccc(CN2CCCN(C)CC2)cc1)NCc1ccccc1F.I. The van der Waals surface area contributed by atoms with E-state index in [0.717, 1.165) is 26.2 Å². The maximum atomic E-state index is 13.7. The van der Waals surface area contributed by atoms with Crippen LogP contribution in [0.25, 0.3) is 0 Å². The van der Waals surface area contributed by atoms with Crippen LogP contribution in [0.1, 0.15) is 23.1 Å². The number of hydrogen-bond donors (Lipinski definition) is 2. The van der Waals surface area contributed by atoms with Gasteiger partial charge in [-0.2, -0.15) is 0 Å². The summed E-state index contributed by atoms with van der Waals surface area (Å²) in [6.07, 6.45) is 1.23. The van der Waals surface area contributed by atoms with Crippen LogP contribution in [0.15, 0.2) is 53.5 Å². The quantitative estimate of drug-likeness (QED) is 0.345. The van der Waals surface area contributed by atoms with Gasteiger partial charge in [0.25, 0.3) is 0 Å². The smallest absolute Gasteiger partial charge is 0.191 e. The minimum Gasteiger partial charge on any atom is -0.352 e. The van der Waals surface area contributed by atoms with E-state index in [0.29, 0.717) is 24.6 Å². The van der Waals surface area contributed by atoms with Gasteiger partial charge in [-0.15, -0.1) is 24.0 Å². The molecule has 1 aliphatic heterocycles. The maximum absolute atomic E-state index is 13.7. The van der Waals surface area contributed by atoms with E-state index in [2.05, 4.69) is 56.7 Å². The lowest BCUT2D eigenvalue weighted by molar-refractivity contribution is 0.269. The molecule has 164 valence electrons. The largest absolute Gasteiger partial charge is 0.352 e. The van der Waals surface area contributed by atoms with Gasteiger partial charge in [0.05, 0.1) is 0 Å². The Labute approximate surface area is 196 Å². The number of guanidine groups is 1. The lowest BCUT2D eigenvalue weighted by Gasteiger charge is -2.20. The third-order valence-corrected chi connectivity index (χ3v) is 5.33. The standard InChI is InChI=1S/C23H32FN5.HI/c1-25-23(27-17-21-6-3-4-7-22(21)24)26-16-19-8-10-20(11-9-19)18-29-13-5-12-28(2)14-15-29;/h3-4,6-11H,5,12-18H2,1-2H3,(H2,25,26,27);1H. The minimum absolute atomic E-state index is 0. The molecule has 0 bridgehead atoms. The number of nitrogens with one attached hydrogen (secondary N) is 2. The molecule has 0 aromatic heterocycles. The fourth-order valence-corrected chi connectivity index (χ4v) is 3.51. The first-order chi connectivity index (χ1) is 14.1. The summed E-state index contributed by atoms with van der Waals surface area (Å²) in [6.45, 7) is 6.70. The van der Waals surface area contributed by atoms with Gasteiger partial charge < -0.3 is 15.5 Å². The molecule has 1 aliphatic rings. The second-order valence-corrected chi connectivity index (χ2v) is 7.62. The third-order valence-electron chi connectivity index (χ3n) is 5.33. The van der Waals surface area contributed by atoms with Crippen molar-refractivity contribution in [3.63, 3.8) is 0 Å². The molecule has 0 spiro atoms. The van der Waals surface area contributed by atoms with Gasteiger partial charge in [0, 0.05) is 45.3 Å². The van der Waals surface area contributed by atoms with Crippen LogP contribution in [0.5, 0.6) is 0 Å². The molecule has 0 radical (unpaired) electrons. The summed E-state index contributed by atoms with van der Waals surface area (Å²) in [5.74, 6) is 0.452. The Morgan fingerprint density at radius 3 is 2.37 bits per heavy atom. The van der Waals surface area contributed by atoms with Crippen molar-refractivity contribution in [2.75, 3.05) is 40.3 Å². The van der Waals surface area contributed by atoms with Gasteiger partial charge in [-0.05, 0) is 43.8 Å². The van der Waals surface area contributed by atoms with Gasteiger partial charge >= 0.3 is 0 Å². The molecule has 5 nitrogen and oxygen atoms in total. The fraction of sp³-hybridized carbons (Fsp3) is 0.435. The topological polar surface area (TPSA) is 42.9 Å². The minimum atomic E-state index is -0.206. The molecule has 30 heavy (non-hydrogen) atoms. The number of likely N-dealkylation sites (N-methyl/N-ethyl adjacent to an activating group) is 1. The normalized spacial score (nSPS) is 15.9. The van der Waals surface area contributed by atoms with E-state index in [-0.39, 0.29) is 29.8 Å². The highest BCUT2D eigenvalue weighted by Crippen LogP contribution is 2.10. The Balaban J connectivity index is 0.00000320. The van der Waals surface area contributed by atoms with Crippen LogP contribution in [0.2, 0.25) is 0 Å². The molecule has 1 heterocycles. The van der Waals surface area contributed by atoms with Crippen LogP contribution < -0.4 is 10.6 Å². The first kappa shape index (κ1) is 24.6. The maximum Gasteiger partial charge on any atom is 0.191 e. The number of halogens is 2. The summed E-state index contributed by atoms with van der Waals surface area (Å²) in [6, 6.07) is 15.5. The number of benzene rings is 2. The molecule has 0 amide bonds. The Kier molecular flexibility index (Phi) is 10.5. The molecule has 2 N–H and O–H groups in total. The van der Waals surface area contributed by atoms with Crippen LogP contribution >= 0.6 is 24.0 Å². The van der Waals surface area contributed by atoms with Crippen molar-refractivity contribution >= 4 is 29.9 Å². The van der Waals surface area contributed by atoms with E-state index >= 15 is 0 Å². The molecule has 0 saturated carbocycles. The van der Waals surface area contributed by atoms with E-state index in [1.54, 1.807) is 19.2 Å². The molecule has 0 unspecified atom stereocenters. The summed E-state index contributed by atoms with van der Waals surface area (Å²) in [4.78, 5) is 9.16. The Morgan fingerprint density at radius 2 is 1.63 bits per heavy atom. The van der Waals surface area contributed by atoms with Crippen molar-refractivity contribution in [1.29, 1.82) is 0 Å². The Hall–Kier alpha value is -1.71. The van der Waals surface area contributed by atoms with Crippen molar-refractivity contribution in [3.05, 3.63) is 71.0 Å². The van der Waals surface area contributed by atoms with Crippen molar-refractivity contribution in [2.24, 2.45) is 4.99 Å². The predicted octanol–water partition coefficient (Wildman–Crippen LogP) is 3.45. The molecule has 2 aromatic rings. The molecule has 3 rings (SSSR count). The molecular weight excluding hydrogens is 492 g/mol. The van der Waals surface area contributed by atoms with Gasteiger partial charge in [-0.1, -0.05) is 42.5 Å². The van der Waals surface area contributed by atoms with Crippen LogP contribution in [0.4, 0.5) is 4.39 Å². The highest BCUT2D eigenvalue weighted by Gasteiger charge is 2.12. The van der Waals surface area contributed by atoms with E-state index in [1.807, 2.05) is 6.07 Å². The average Bonchev–Trinajstić information content (AvgIpc) is 2.94. The van der Waals surface area contributed by atoms with Crippen molar-refractivity contribution in [1.82, 2.24) is 20.4 Å². The molecular formula is C23H33FIN5. The molecule has 7 heteroatoms. The van der Waals surface area contributed by atoms with Crippen molar-refractivity contribution in [3.8, 4) is 0 Å². The third kappa shape index (κ3) is 7.85. The molecule has 1 fully saturated rings. The predicted molar refractivity (Wildman–Crippen MR) is 133 cm³/mol. The van der Waals surface area contributed by atoms with E-state index in [4.69, 9.17) is 0 Å². The number of hydrogen-bond acceptors (Lipinski definition) is 3. The van der Waals surface area contributed by atoms with E-state index in [9.17, 15) is 4.39 Å². The van der Waals surface area contributed by atoms with Crippen molar-refractivity contribution < 1.29 is 4.39 Å². The summed E-state index contributed by atoms with van der Waals surface area (Å²) >= 11 is 0. The zero-order valence-corrected chi connectivity index (χ0v) is 20.2. The van der Waals surface area contributed by atoms with Crippen LogP contribution in [-0.2, 0) is 19.6 Å². The summed E-state index contributed by atoms with van der Waals surface area (Å²) in [5.41, 5.74) is 3.16. The van der Waals surface area contributed by atoms with Gasteiger partial charge in [-0.25, -0.2) is 4.39 Å². The first-order valence-electron chi connectivity index (χ1n) is 10.3. The molecule has 2 aromatic carbocycles. The second-order valence-electron chi connectivity index (χ2n) is 7.62. The van der Waals surface area contributed by atoms with Crippen LogP contribution in [0.3, 0.4) is 0 Å². The van der Waals surface area contributed by atoms with Crippen molar-refractivity contribution in [2.45, 2.75) is 26.1 Å². The highest BCUT2D eigenvalue weighted by atomic mass is 127. The van der Waals surface area contributed by atoms with Gasteiger partial charge in [0.2, 0.25) is 0 Å². The van der Waals surface area contributed by atoms with Crippen LogP contribution in [-0.4, -0.2) is 56.0 Å². The van der Waals surface area contributed by atoms with Gasteiger partial charge in [0.1, 0.15) is 5.82 Å². The number of aliphatic imine (C=N–C) groups is 1. The highest BCUT2D eigenvalue weighted by molar-refractivity contribution is 14.0. The average molecular weight is 525 g/mol. The second kappa shape index (κ2) is 12.9. The first-order valence-corrected chi connectivity index (χ1v) is 10.3. The summed E-state index contributed by atoms with van der Waals surface area (Å²) in [5, 5.41) is 6.45. The fourth-order valence-electron chi connectivity index (χ4n) is 3.51. The van der Waals surface area contributed by atoms with Crippen LogP contribution in [0, 0.1) is 5.82 Å². The molecule has 0 aliphatic carbocycles. The number of rotatable bonds is 6. The summed E-state index contributed by atoms with van der Waals surface area (Å²) in [7, 11) is 3.92. The van der Waals surface area contributed by atoms with E-state index in [1.165, 1.54) is 30.2 Å². The monoisotopic (exact) mass is 525 g/mol. The molecule has 0 atom stereocenters. The zero-order chi connectivity index (χ0) is 20.5. The van der Waals surface area contributed by atoms with Gasteiger partial charge in [0.15, 0.2) is 5.96 Å². The van der Waals surface area contributed by atoms with Gasteiger partial charge in [-0.3, -0.25) is 9.89 Å². The molecule has 1 saturated heterocycles. The Morgan fingerprint density at radius 1 is 0.933 bits per heavy atom. The summed E-state index contributed by atoms with van der Waals surface area (Å²) < 4.78 is 13.7. The Bertz CT molecular complexity index is 796. The van der Waals surface area contributed by atoms with E-state index < -0.39 is 0 Å².